The van der Waals surface area contributed by atoms with Gasteiger partial charge in [0.05, 0.1) is 0 Å². The summed E-state index contributed by atoms with van der Waals surface area (Å²) < 4.78 is 0. The molecule has 0 saturated carbocycles. The summed E-state index contributed by atoms with van der Waals surface area (Å²) in [6, 6.07) is 0. The third-order valence-electron chi connectivity index (χ3n) is 1.37. The van der Waals surface area contributed by atoms with Crippen LogP contribution in [0.25, 0.3) is 0 Å². The van der Waals surface area contributed by atoms with Gasteiger partial charge in [0, 0.05) is 39.0 Å². The van der Waals surface area contributed by atoms with Gasteiger partial charge in [0.2, 0.25) is 0 Å². The summed E-state index contributed by atoms with van der Waals surface area (Å²) in [7, 11) is 0. The number of allylic oxidation sites excluding steroid dienone is 4. The van der Waals surface area contributed by atoms with E-state index in [0.29, 0.717) is 0 Å². The van der Waals surface area contributed by atoms with Crippen molar-refractivity contribution in [2.45, 2.75) is 25.7 Å². The predicted octanol–water partition coefficient (Wildman–Crippen LogP) is 2.67. The smallest absolute Gasteiger partial charge is 0 e. The van der Waals surface area contributed by atoms with Crippen molar-refractivity contribution in [1.29, 1.82) is 0 Å². The van der Waals surface area contributed by atoms with E-state index in [2.05, 4.69) is 24.3 Å². The SMILES string of the molecule is C1=CCCCCC=C1.[Rh].[Rh]. The van der Waals surface area contributed by atoms with Crippen LogP contribution in [0.15, 0.2) is 24.3 Å². The van der Waals surface area contributed by atoms with Crippen LogP contribution >= 0.6 is 0 Å². The van der Waals surface area contributed by atoms with Gasteiger partial charge in [-0.3, -0.25) is 0 Å². The Labute approximate surface area is 88.7 Å². The van der Waals surface area contributed by atoms with E-state index in [1.807, 2.05) is 0 Å². The van der Waals surface area contributed by atoms with Gasteiger partial charge in [-0.25, -0.2) is 0 Å². The van der Waals surface area contributed by atoms with E-state index >= 15 is 0 Å². The molecule has 2 heteroatoms. The molecule has 0 aliphatic heterocycles. The molecule has 1 aliphatic rings. The quantitative estimate of drug-likeness (QED) is 0.603. The summed E-state index contributed by atoms with van der Waals surface area (Å²) in [6.45, 7) is 0. The van der Waals surface area contributed by atoms with Gasteiger partial charge >= 0.3 is 0 Å². The largest absolute Gasteiger partial charge is 0.0845 e. The van der Waals surface area contributed by atoms with Gasteiger partial charge in [0.15, 0.2) is 0 Å². The van der Waals surface area contributed by atoms with Crippen LogP contribution in [0, 0.1) is 0 Å². The molecule has 0 nitrogen and oxygen atoms in total. The van der Waals surface area contributed by atoms with Gasteiger partial charge in [-0.2, -0.15) is 0 Å². The van der Waals surface area contributed by atoms with Crippen LogP contribution in [-0.4, -0.2) is 0 Å². The predicted molar refractivity (Wildman–Crippen MR) is 36.7 cm³/mol. The van der Waals surface area contributed by atoms with Gasteiger partial charge in [0.1, 0.15) is 0 Å². The van der Waals surface area contributed by atoms with E-state index in [1.165, 1.54) is 25.7 Å². The zero-order chi connectivity index (χ0) is 5.66. The first-order chi connectivity index (χ1) is 4.00. The van der Waals surface area contributed by atoms with Gasteiger partial charge in [-0.15, -0.1) is 0 Å². The third-order valence-corrected chi connectivity index (χ3v) is 1.37. The van der Waals surface area contributed by atoms with Crippen LogP contribution in [-0.2, 0) is 39.0 Å². The van der Waals surface area contributed by atoms with E-state index in [0.717, 1.165) is 0 Å². The summed E-state index contributed by atoms with van der Waals surface area (Å²) >= 11 is 0. The molecule has 0 saturated heterocycles. The molecule has 0 spiro atoms. The molecule has 62 valence electrons. The molecule has 0 fully saturated rings. The van der Waals surface area contributed by atoms with E-state index in [-0.39, 0.29) is 39.0 Å². The fourth-order valence-electron chi connectivity index (χ4n) is 0.874. The molecule has 0 heterocycles. The van der Waals surface area contributed by atoms with Crippen molar-refractivity contribution in [3.8, 4) is 0 Å². The maximum Gasteiger partial charge on any atom is 0 e. The first-order valence-electron chi connectivity index (χ1n) is 3.32. The van der Waals surface area contributed by atoms with Crippen molar-refractivity contribution in [2.75, 3.05) is 0 Å². The van der Waals surface area contributed by atoms with Crippen LogP contribution in [0.1, 0.15) is 25.7 Å². The molecule has 0 N–H and O–H groups in total. The van der Waals surface area contributed by atoms with Crippen molar-refractivity contribution >= 4 is 0 Å². The van der Waals surface area contributed by atoms with Crippen molar-refractivity contribution in [3.05, 3.63) is 24.3 Å². The van der Waals surface area contributed by atoms with Gasteiger partial charge in [-0.1, -0.05) is 24.3 Å². The van der Waals surface area contributed by atoms with E-state index in [4.69, 9.17) is 0 Å². The Morgan fingerprint density at radius 1 is 0.700 bits per heavy atom. The zero-order valence-corrected chi connectivity index (χ0v) is 9.08. The zero-order valence-electron chi connectivity index (χ0n) is 5.80. The van der Waals surface area contributed by atoms with Gasteiger partial charge < -0.3 is 0 Å². The molecular formula is C8H12Rh2. The normalized spacial score (nSPS) is 16.0. The molecular weight excluding hydrogens is 302 g/mol. The molecule has 0 amide bonds. The second-order valence-electron chi connectivity index (χ2n) is 2.14. The monoisotopic (exact) mass is 314 g/mol. The minimum absolute atomic E-state index is 0. The molecule has 2 radical (unpaired) electrons. The van der Waals surface area contributed by atoms with Crippen molar-refractivity contribution in [2.24, 2.45) is 0 Å². The molecule has 0 unspecified atom stereocenters. The Hall–Kier alpha value is 0.727. The van der Waals surface area contributed by atoms with Crippen LogP contribution in [0.5, 0.6) is 0 Å². The topological polar surface area (TPSA) is 0 Å². The van der Waals surface area contributed by atoms with Gasteiger partial charge in [-0.05, 0) is 25.7 Å². The van der Waals surface area contributed by atoms with E-state index in [1.54, 1.807) is 0 Å². The van der Waals surface area contributed by atoms with E-state index < -0.39 is 0 Å². The Kier molecular flexibility index (Phi) is 13.0. The number of hydrogen-bond donors (Lipinski definition) is 0. The Morgan fingerprint density at radius 2 is 1.10 bits per heavy atom. The summed E-state index contributed by atoms with van der Waals surface area (Å²) in [5.41, 5.74) is 0. The second kappa shape index (κ2) is 9.73. The van der Waals surface area contributed by atoms with Crippen molar-refractivity contribution in [1.82, 2.24) is 0 Å². The average Bonchev–Trinajstić information content (AvgIpc) is 1.62. The Morgan fingerprint density at radius 3 is 1.50 bits per heavy atom. The standard InChI is InChI=1S/C8H12.2Rh/c1-2-4-6-8-7-5-3-1;;/h1-4H,5-8H2;;. The van der Waals surface area contributed by atoms with Crippen LogP contribution in [0.4, 0.5) is 0 Å². The Balaban J connectivity index is 0. The number of rotatable bonds is 0. The second-order valence-corrected chi connectivity index (χ2v) is 2.14. The van der Waals surface area contributed by atoms with Crippen LogP contribution in [0.2, 0.25) is 0 Å². The molecule has 0 aromatic rings. The fourth-order valence-corrected chi connectivity index (χ4v) is 0.874. The summed E-state index contributed by atoms with van der Waals surface area (Å²) in [5, 5.41) is 0. The van der Waals surface area contributed by atoms with Gasteiger partial charge in [0.25, 0.3) is 0 Å². The minimum Gasteiger partial charge on any atom is -0.0845 e. The summed E-state index contributed by atoms with van der Waals surface area (Å²) in [4.78, 5) is 0. The first-order valence-corrected chi connectivity index (χ1v) is 3.32. The molecule has 0 atom stereocenters. The molecule has 0 aromatic heterocycles. The van der Waals surface area contributed by atoms with Crippen molar-refractivity contribution in [3.63, 3.8) is 0 Å². The molecule has 0 bridgehead atoms. The van der Waals surface area contributed by atoms with Crippen LogP contribution < -0.4 is 0 Å². The van der Waals surface area contributed by atoms with Crippen molar-refractivity contribution < 1.29 is 39.0 Å². The summed E-state index contributed by atoms with van der Waals surface area (Å²) in [6.07, 6.45) is 14.0. The minimum atomic E-state index is 0. The summed E-state index contributed by atoms with van der Waals surface area (Å²) in [5.74, 6) is 0. The average molecular weight is 314 g/mol. The fraction of sp³-hybridized carbons (Fsp3) is 0.500. The molecule has 1 aliphatic carbocycles. The molecule has 10 heavy (non-hydrogen) atoms. The van der Waals surface area contributed by atoms with Crippen LogP contribution in [0.3, 0.4) is 0 Å². The Bertz CT molecular complexity index is 91.8. The maximum absolute atomic E-state index is 2.23. The maximum atomic E-state index is 2.23. The van der Waals surface area contributed by atoms with E-state index in [9.17, 15) is 0 Å². The third kappa shape index (κ3) is 6.84. The first kappa shape index (κ1) is 13.3. The number of hydrogen-bond acceptors (Lipinski definition) is 0. The molecule has 1 rings (SSSR count). The molecule has 0 aromatic carbocycles.